The first-order valence-electron chi connectivity index (χ1n) is 10.3. The monoisotopic (exact) mass is 455 g/mol. The van der Waals surface area contributed by atoms with Crippen molar-refractivity contribution in [3.05, 3.63) is 53.4 Å². The summed E-state index contributed by atoms with van der Waals surface area (Å²) in [7, 11) is 8.76. The predicted octanol–water partition coefficient (Wildman–Crippen LogP) is 4.43. The molecular weight excluding hydrogens is 426 g/mol. The smallest absolute Gasteiger partial charge is 0.267 e. The Bertz CT molecular complexity index is 1010. The molecule has 3 aromatic rings. The van der Waals surface area contributed by atoms with E-state index in [1.807, 2.05) is 43.7 Å². The van der Waals surface area contributed by atoms with E-state index in [2.05, 4.69) is 4.90 Å². The van der Waals surface area contributed by atoms with Crippen LogP contribution in [0.15, 0.2) is 47.8 Å². The summed E-state index contributed by atoms with van der Waals surface area (Å²) in [5.41, 5.74) is 2.16. The standard InChI is InChI=1S/C24H29N3O4S/c1-26(2)14-7-15-27(23(28)22-20(30-4)8-6-9-21(22)31-5)24-25-19(16-32-24)17-10-12-18(29-3)13-11-17/h6,8-13,16H,7,14-15H2,1-5H3. The van der Waals surface area contributed by atoms with E-state index in [-0.39, 0.29) is 5.91 Å². The number of thiazole rings is 1. The highest BCUT2D eigenvalue weighted by Gasteiger charge is 2.27. The van der Waals surface area contributed by atoms with Crippen LogP contribution in [0.3, 0.4) is 0 Å². The molecule has 0 aliphatic heterocycles. The summed E-state index contributed by atoms with van der Waals surface area (Å²) in [6, 6.07) is 13.0. The third kappa shape index (κ3) is 5.38. The Morgan fingerprint density at radius 1 is 0.938 bits per heavy atom. The minimum absolute atomic E-state index is 0.200. The van der Waals surface area contributed by atoms with Gasteiger partial charge >= 0.3 is 0 Å². The topological polar surface area (TPSA) is 64.1 Å². The number of aromatic nitrogens is 1. The summed E-state index contributed by atoms with van der Waals surface area (Å²) in [5, 5.41) is 2.59. The zero-order valence-corrected chi connectivity index (χ0v) is 19.9. The molecule has 7 nitrogen and oxygen atoms in total. The molecule has 0 bridgehead atoms. The van der Waals surface area contributed by atoms with E-state index in [1.54, 1.807) is 44.4 Å². The first-order chi connectivity index (χ1) is 15.5. The third-order valence-electron chi connectivity index (χ3n) is 4.98. The van der Waals surface area contributed by atoms with Crippen LogP contribution in [0.4, 0.5) is 5.13 Å². The van der Waals surface area contributed by atoms with Gasteiger partial charge in [-0.25, -0.2) is 4.98 Å². The van der Waals surface area contributed by atoms with Gasteiger partial charge in [-0.05, 0) is 63.5 Å². The molecule has 0 aliphatic carbocycles. The number of hydrogen-bond donors (Lipinski definition) is 0. The van der Waals surface area contributed by atoms with E-state index in [9.17, 15) is 4.79 Å². The van der Waals surface area contributed by atoms with Crippen LogP contribution in [0, 0.1) is 0 Å². The molecule has 0 atom stereocenters. The van der Waals surface area contributed by atoms with E-state index in [0.29, 0.717) is 28.7 Å². The number of carbonyl (C=O) groups excluding carboxylic acids is 1. The van der Waals surface area contributed by atoms with Gasteiger partial charge in [0.05, 0.1) is 27.0 Å². The lowest BCUT2D eigenvalue weighted by molar-refractivity contribution is 0.0980. The Kier molecular flexibility index (Phi) is 8.08. The van der Waals surface area contributed by atoms with Gasteiger partial charge in [-0.15, -0.1) is 11.3 Å². The maximum absolute atomic E-state index is 13.7. The molecule has 0 N–H and O–H groups in total. The Morgan fingerprint density at radius 2 is 1.59 bits per heavy atom. The van der Waals surface area contributed by atoms with Crippen molar-refractivity contribution in [2.24, 2.45) is 0 Å². The minimum Gasteiger partial charge on any atom is -0.497 e. The highest BCUT2D eigenvalue weighted by molar-refractivity contribution is 7.14. The van der Waals surface area contributed by atoms with Gasteiger partial charge in [0.1, 0.15) is 22.8 Å². The van der Waals surface area contributed by atoms with Crippen molar-refractivity contribution in [3.8, 4) is 28.5 Å². The van der Waals surface area contributed by atoms with Gasteiger partial charge in [0.25, 0.3) is 5.91 Å². The summed E-state index contributed by atoms with van der Waals surface area (Å²) < 4.78 is 16.2. The molecule has 0 radical (unpaired) electrons. The summed E-state index contributed by atoms with van der Waals surface area (Å²) in [5.74, 6) is 1.53. The van der Waals surface area contributed by atoms with Crippen LogP contribution in [0.5, 0.6) is 17.2 Å². The van der Waals surface area contributed by atoms with E-state index >= 15 is 0 Å². The van der Waals surface area contributed by atoms with E-state index < -0.39 is 0 Å². The molecule has 1 heterocycles. The molecule has 0 spiro atoms. The van der Waals surface area contributed by atoms with Crippen molar-refractivity contribution in [2.45, 2.75) is 6.42 Å². The molecule has 170 valence electrons. The van der Waals surface area contributed by atoms with Crippen LogP contribution in [0.25, 0.3) is 11.3 Å². The highest BCUT2D eigenvalue weighted by Crippen LogP contribution is 2.34. The number of carbonyl (C=O) groups is 1. The van der Waals surface area contributed by atoms with Crippen LogP contribution in [0.1, 0.15) is 16.8 Å². The maximum atomic E-state index is 13.7. The van der Waals surface area contributed by atoms with Gasteiger partial charge in [-0.3, -0.25) is 9.69 Å². The highest BCUT2D eigenvalue weighted by atomic mass is 32.1. The molecule has 1 aromatic heterocycles. The van der Waals surface area contributed by atoms with Gasteiger partial charge in [0.2, 0.25) is 0 Å². The second-order valence-corrected chi connectivity index (χ2v) is 8.23. The Morgan fingerprint density at radius 3 is 2.16 bits per heavy atom. The molecule has 8 heteroatoms. The van der Waals surface area contributed by atoms with Gasteiger partial charge < -0.3 is 19.1 Å². The number of methoxy groups -OCH3 is 3. The number of rotatable bonds is 10. The zero-order chi connectivity index (χ0) is 23.1. The normalized spacial score (nSPS) is 10.8. The van der Waals surface area contributed by atoms with Crippen LogP contribution in [-0.2, 0) is 0 Å². The Balaban J connectivity index is 1.96. The first kappa shape index (κ1) is 23.6. The minimum atomic E-state index is -0.200. The summed E-state index contributed by atoms with van der Waals surface area (Å²) in [6.07, 6.45) is 0.799. The molecule has 32 heavy (non-hydrogen) atoms. The number of anilines is 1. The maximum Gasteiger partial charge on any atom is 0.267 e. The van der Waals surface area contributed by atoms with Gasteiger partial charge in [0, 0.05) is 17.5 Å². The number of nitrogens with zero attached hydrogens (tertiary/aromatic N) is 3. The summed E-state index contributed by atoms with van der Waals surface area (Å²) in [6.45, 7) is 1.37. The second kappa shape index (κ2) is 11.0. The quantitative estimate of drug-likeness (QED) is 0.451. The second-order valence-electron chi connectivity index (χ2n) is 7.39. The number of hydrogen-bond acceptors (Lipinski definition) is 7. The molecule has 0 unspecified atom stereocenters. The van der Waals surface area contributed by atoms with Crippen molar-refractivity contribution < 1.29 is 19.0 Å². The Labute approximate surface area is 193 Å². The van der Waals surface area contributed by atoms with Gasteiger partial charge in [0.15, 0.2) is 5.13 Å². The number of amides is 1. The number of ether oxygens (including phenoxy) is 3. The van der Waals surface area contributed by atoms with Crippen molar-refractivity contribution in [3.63, 3.8) is 0 Å². The molecule has 0 fully saturated rings. The van der Waals surface area contributed by atoms with Crippen molar-refractivity contribution in [1.29, 1.82) is 0 Å². The van der Waals surface area contributed by atoms with E-state index in [0.717, 1.165) is 30.0 Å². The molecular formula is C24H29N3O4S. The fraction of sp³-hybridized carbons (Fsp3) is 0.333. The fourth-order valence-corrected chi connectivity index (χ4v) is 4.17. The summed E-state index contributed by atoms with van der Waals surface area (Å²) >= 11 is 1.44. The lowest BCUT2D eigenvalue weighted by Crippen LogP contribution is -2.34. The van der Waals surface area contributed by atoms with Crippen molar-refractivity contribution in [1.82, 2.24) is 9.88 Å². The van der Waals surface area contributed by atoms with Crippen molar-refractivity contribution >= 4 is 22.4 Å². The van der Waals surface area contributed by atoms with Gasteiger partial charge in [-0.2, -0.15) is 0 Å². The molecule has 0 saturated carbocycles. The molecule has 2 aromatic carbocycles. The predicted molar refractivity (Wildman–Crippen MR) is 128 cm³/mol. The van der Waals surface area contributed by atoms with Gasteiger partial charge in [-0.1, -0.05) is 6.07 Å². The lowest BCUT2D eigenvalue weighted by Gasteiger charge is -2.23. The fourth-order valence-electron chi connectivity index (χ4n) is 3.31. The zero-order valence-electron chi connectivity index (χ0n) is 19.1. The average molecular weight is 456 g/mol. The van der Waals surface area contributed by atoms with Crippen molar-refractivity contribution in [2.75, 3.05) is 53.4 Å². The van der Waals surface area contributed by atoms with E-state index in [1.165, 1.54) is 11.3 Å². The molecule has 0 saturated heterocycles. The number of benzene rings is 2. The average Bonchev–Trinajstić information content (AvgIpc) is 3.30. The molecule has 3 rings (SSSR count). The summed E-state index contributed by atoms with van der Waals surface area (Å²) in [4.78, 5) is 22.3. The molecule has 0 aliphatic rings. The van der Waals surface area contributed by atoms with E-state index in [4.69, 9.17) is 19.2 Å². The first-order valence-corrected chi connectivity index (χ1v) is 11.1. The Hall–Kier alpha value is -3.10. The molecule has 1 amide bonds. The van der Waals surface area contributed by atoms with Crippen LogP contribution < -0.4 is 19.1 Å². The van der Waals surface area contributed by atoms with Crippen LogP contribution >= 0.6 is 11.3 Å². The largest absolute Gasteiger partial charge is 0.497 e. The third-order valence-corrected chi connectivity index (χ3v) is 5.85. The SMILES string of the molecule is COc1ccc(-c2csc(N(CCCN(C)C)C(=O)c3c(OC)cccc3OC)n2)cc1. The van der Waals surface area contributed by atoms with Crippen LogP contribution in [0.2, 0.25) is 0 Å². The lowest BCUT2D eigenvalue weighted by atomic mass is 10.1. The van der Waals surface area contributed by atoms with Crippen LogP contribution in [-0.4, -0.2) is 64.3 Å².